The summed E-state index contributed by atoms with van der Waals surface area (Å²) in [4.78, 5) is 38.2. The van der Waals surface area contributed by atoms with Crippen LogP contribution in [0.1, 0.15) is 63.2 Å². The van der Waals surface area contributed by atoms with Crippen LogP contribution in [0.25, 0.3) is 5.82 Å². The third-order valence-electron chi connectivity index (χ3n) is 7.55. The highest BCUT2D eigenvalue weighted by molar-refractivity contribution is 7.09. The number of hydrogen-bond donors (Lipinski definition) is 0. The number of nitrogens with zero attached hydrogens (tertiary/aromatic N) is 4. The second kappa shape index (κ2) is 17.6. The Morgan fingerprint density at radius 3 is 2.43 bits per heavy atom. The van der Waals surface area contributed by atoms with Crippen LogP contribution in [0.2, 0.25) is 0 Å². The molecule has 0 N–H and O–H groups in total. The number of unbranched alkanes of at least 4 members (excludes halogenated alkanes) is 3. The Hall–Kier alpha value is -3.69. The van der Waals surface area contributed by atoms with Crippen molar-refractivity contribution in [1.82, 2.24) is 9.80 Å². The summed E-state index contributed by atoms with van der Waals surface area (Å²) in [5.41, 5.74) is 1.34. The number of allylic oxidation sites excluding steroid dienone is 6. The second-order valence-electron chi connectivity index (χ2n) is 11.1. The fourth-order valence-electron chi connectivity index (χ4n) is 5.17. The van der Waals surface area contributed by atoms with Crippen molar-refractivity contribution in [3.63, 3.8) is 0 Å². The highest BCUT2D eigenvalue weighted by atomic mass is 32.1. The normalized spacial score (nSPS) is 15.5. The van der Waals surface area contributed by atoms with Crippen LogP contribution in [0, 0.1) is 6.92 Å². The summed E-state index contributed by atoms with van der Waals surface area (Å²) in [5, 5.41) is 0.911. The Labute approximate surface area is 265 Å². The Morgan fingerprint density at radius 1 is 0.932 bits per heavy atom. The van der Waals surface area contributed by atoms with E-state index >= 15 is 0 Å². The molecular weight excluding hydrogens is 572 g/mol. The molecular formula is C35H46N4O4S. The molecule has 0 bridgehead atoms. The molecule has 0 atom stereocenters. The number of aryl methyl sites for hydroxylation is 1. The molecule has 44 heavy (non-hydrogen) atoms. The minimum atomic E-state index is -0.592. The molecule has 1 amide bonds. The number of rotatable bonds is 14. The molecule has 9 heteroatoms. The average Bonchev–Trinajstić information content (AvgIpc) is 3.31. The van der Waals surface area contributed by atoms with Crippen LogP contribution in [0.3, 0.4) is 0 Å². The minimum Gasteiger partial charge on any atom is -0.428 e. The highest BCUT2D eigenvalue weighted by Gasteiger charge is 2.32. The molecule has 2 aromatic rings. The number of benzene rings is 1. The first-order valence-electron chi connectivity index (χ1n) is 15.8. The van der Waals surface area contributed by atoms with E-state index in [0.717, 1.165) is 91.7 Å². The Balaban J connectivity index is 1.28. The number of thiophene rings is 1. The summed E-state index contributed by atoms with van der Waals surface area (Å²) in [6.45, 7) is 7.06. The molecule has 8 nitrogen and oxygen atoms in total. The van der Waals surface area contributed by atoms with Gasteiger partial charge in [0.05, 0.1) is 16.6 Å². The third-order valence-corrected chi connectivity index (χ3v) is 8.50. The summed E-state index contributed by atoms with van der Waals surface area (Å²) in [5.74, 6) is 0.401. The van der Waals surface area contributed by atoms with Gasteiger partial charge >= 0.3 is 12.1 Å². The molecule has 3 heterocycles. The molecule has 0 aliphatic carbocycles. The Bertz CT molecular complexity index is 1450. The van der Waals surface area contributed by atoms with E-state index in [1.54, 1.807) is 16.2 Å². The molecule has 1 aromatic heterocycles. The molecule has 0 unspecified atom stereocenters. The molecule has 0 spiro atoms. The minimum absolute atomic E-state index is 0.302. The van der Waals surface area contributed by atoms with E-state index in [4.69, 9.17) is 14.5 Å². The van der Waals surface area contributed by atoms with Crippen LogP contribution < -0.4 is 14.8 Å². The molecule has 2 aliphatic rings. The van der Waals surface area contributed by atoms with Gasteiger partial charge in [0, 0.05) is 37.5 Å². The molecule has 0 saturated carbocycles. The summed E-state index contributed by atoms with van der Waals surface area (Å²) in [7, 11) is 2.10. The molecule has 236 valence electrons. The summed E-state index contributed by atoms with van der Waals surface area (Å²) in [6, 6.07) is 9.67. The molecule has 1 aromatic carbocycles. The topological polar surface area (TPSA) is 74.7 Å². The van der Waals surface area contributed by atoms with Crippen molar-refractivity contribution >= 4 is 40.6 Å². The number of anilines is 1. The zero-order valence-corrected chi connectivity index (χ0v) is 27.2. The van der Waals surface area contributed by atoms with Crippen LogP contribution >= 0.6 is 11.3 Å². The van der Waals surface area contributed by atoms with Gasteiger partial charge in [-0.1, -0.05) is 61.9 Å². The van der Waals surface area contributed by atoms with Crippen molar-refractivity contribution in [2.75, 3.05) is 44.9 Å². The van der Waals surface area contributed by atoms with Crippen molar-refractivity contribution in [3.05, 3.63) is 81.6 Å². The fraction of sp³-hybridized carbons (Fsp3) is 0.457. The van der Waals surface area contributed by atoms with Crippen molar-refractivity contribution in [2.24, 2.45) is 4.99 Å². The zero-order chi connectivity index (χ0) is 31.1. The molecule has 2 aliphatic heterocycles. The van der Waals surface area contributed by atoms with E-state index in [1.165, 1.54) is 0 Å². The number of piperazine rings is 1. The quantitative estimate of drug-likeness (QED) is 0.103. The van der Waals surface area contributed by atoms with Gasteiger partial charge in [0.15, 0.2) is 0 Å². The van der Waals surface area contributed by atoms with Gasteiger partial charge in [-0.3, -0.25) is 4.79 Å². The van der Waals surface area contributed by atoms with Gasteiger partial charge in [-0.15, -0.1) is 11.3 Å². The number of esters is 1. The van der Waals surface area contributed by atoms with Crippen molar-refractivity contribution in [3.8, 4) is 0 Å². The van der Waals surface area contributed by atoms with Crippen LogP contribution in [0.4, 0.5) is 16.2 Å². The van der Waals surface area contributed by atoms with E-state index < -0.39 is 12.9 Å². The summed E-state index contributed by atoms with van der Waals surface area (Å²) in [6.07, 6.45) is 19.6. The lowest BCUT2D eigenvalue weighted by molar-refractivity contribution is -0.151. The fourth-order valence-corrected chi connectivity index (χ4v) is 6.05. The number of amides is 1. The predicted octanol–water partition coefficient (Wildman–Crippen LogP) is 6.59. The number of carbonyl (C=O) groups excluding carboxylic acids is 2. The number of hydrogen-bond acceptors (Lipinski definition) is 8. The van der Waals surface area contributed by atoms with Crippen molar-refractivity contribution < 1.29 is 19.1 Å². The molecule has 1 fully saturated rings. The SMILES string of the molecule is CC/C=C\C/C=C\C/C=C\CCCCCC(=O)OCOC(=O)N1C(N2CCN(C)CC2)=c2cc(C)sc2=Nc2ccccc21. The van der Waals surface area contributed by atoms with Crippen molar-refractivity contribution in [2.45, 2.75) is 65.2 Å². The van der Waals surface area contributed by atoms with Gasteiger partial charge < -0.3 is 19.3 Å². The van der Waals surface area contributed by atoms with Gasteiger partial charge in [-0.2, -0.15) is 0 Å². The maximum atomic E-state index is 13.7. The van der Waals surface area contributed by atoms with E-state index in [1.807, 2.05) is 31.2 Å². The van der Waals surface area contributed by atoms with Gasteiger partial charge in [0.2, 0.25) is 6.79 Å². The first-order chi connectivity index (χ1) is 21.5. The highest BCUT2D eigenvalue weighted by Crippen LogP contribution is 2.34. The number of likely N-dealkylation sites (N-methyl/N-ethyl adjacent to an activating group) is 1. The van der Waals surface area contributed by atoms with Crippen LogP contribution in [-0.2, 0) is 14.3 Å². The number of fused-ring (bicyclic) bond motifs is 2. The van der Waals surface area contributed by atoms with Gasteiger partial charge in [0.1, 0.15) is 10.5 Å². The Morgan fingerprint density at radius 2 is 1.66 bits per heavy atom. The first-order valence-corrected chi connectivity index (χ1v) is 16.6. The molecule has 4 rings (SSSR count). The molecule has 1 saturated heterocycles. The lowest BCUT2D eigenvalue weighted by atomic mass is 10.1. The van der Waals surface area contributed by atoms with E-state index in [9.17, 15) is 9.59 Å². The Kier molecular flexibility index (Phi) is 13.3. The maximum Gasteiger partial charge on any atom is 0.423 e. The van der Waals surface area contributed by atoms with E-state index in [0.29, 0.717) is 17.8 Å². The number of para-hydroxylation sites is 2. The first kappa shape index (κ1) is 33.2. The van der Waals surface area contributed by atoms with Crippen LogP contribution in [0.5, 0.6) is 0 Å². The number of ether oxygens (including phenoxy) is 2. The van der Waals surface area contributed by atoms with Gasteiger partial charge in [-0.05, 0) is 70.7 Å². The van der Waals surface area contributed by atoms with Crippen LogP contribution in [-0.4, -0.2) is 61.9 Å². The average molecular weight is 619 g/mol. The van der Waals surface area contributed by atoms with Crippen molar-refractivity contribution in [1.29, 1.82) is 0 Å². The van der Waals surface area contributed by atoms with Crippen LogP contribution in [0.15, 0.2) is 71.8 Å². The zero-order valence-electron chi connectivity index (χ0n) is 26.4. The second-order valence-corrected chi connectivity index (χ2v) is 12.3. The molecule has 0 radical (unpaired) electrons. The monoisotopic (exact) mass is 618 g/mol. The summed E-state index contributed by atoms with van der Waals surface area (Å²) >= 11 is 1.61. The van der Waals surface area contributed by atoms with Gasteiger partial charge in [0.25, 0.3) is 0 Å². The van der Waals surface area contributed by atoms with Gasteiger partial charge in [-0.25, -0.2) is 14.7 Å². The lowest BCUT2D eigenvalue weighted by Crippen LogP contribution is -2.51. The third kappa shape index (κ3) is 9.66. The largest absolute Gasteiger partial charge is 0.428 e. The lowest BCUT2D eigenvalue weighted by Gasteiger charge is -2.38. The summed E-state index contributed by atoms with van der Waals surface area (Å²) < 4.78 is 11.8. The standard InChI is InChI=1S/C35H46N4O4S/c1-4-5-6-7-8-9-10-11-12-13-14-15-16-21-32(40)42-27-43-35(41)39-31-20-18-17-19-30(31)36-33-29(26-28(2)44-33)34(39)38-24-22-37(3)23-25-38/h5-6,8-9,11-12,17-20,26H,4,7,10,13-16,21-25,27H2,1-3H3/b6-5-,9-8-,12-11-. The smallest absolute Gasteiger partial charge is 0.423 e. The number of carbonyl (C=O) groups is 2. The predicted molar refractivity (Wildman–Crippen MR) is 178 cm³/mol. The van der Waals surface area contributed by atoms with E-state index in [-0.39, 0.29) is 5.97 Å². The maximum absolute atomic E-state index is 13.7. The van der Waals surface area contributed by atoms with E-state index in [2.05, 4.69) is 66.3 Å².